The Morgan fingerprint density at radius 2 is 1.64 bits per heavy atom. The Morgan fingerprint density at radius 1 is 0.960 bits per heavy atom. The molecule has 1 spiro atoms. The zero-order valence-electron chi connectivity index (χ0n) is 13.7. The summed E-state index contributed by atoms with van der Waals surface area (Å²) in [6.07, 6.45) is 1.69. The molecule has 2 aromatic carbocycles. The molecule has 1 saturated heterocycles. The zero-order valence-corrected chi connectivity index (χ0v) is 15.2. The standard InChI is InChI=1S/C19H19Cl2N3O/c20-14-3-1-13(2-4-14)12-24-9-7-19(8-10-24)22-17-11-15(21)5-6-16(17)18(25)23-19/h1-6,11,22H,7-10,12H2,(H,23,25). The van der Waals surface area contributed by atoms with Gasteiger partial charge >= 0.3 is 0 Å². The molecule has 2 aliphatic rings. The number of fused-ring (bicyclic) bond motifs is 1. The number of nitrogens with zero attached hydrogens (tertiary/aromatic N) is 1. The highest BCUT2D eigenvalue weighted by atomic mass is 35.5. The number of carbonyl (C=O) groups excluding carboxylic acids is 1. The molecule has 0 radical (unpaired) electrons. The quantitative estimate of drug-likeness (QED) is 0.828. The minimum absolute atomic E-state index is 0.0310. The number of benzene rings is 2. The lowest BCUT2D eigenvalue weighted by Crippen LogP contribution is -2.62. The summed E-state index contributed by atoms with van der Waals surface area (Å²) in [7, 11) is 0. The van der Waals surface area contributed by atoms with Crippen molar-refractivity contribution in [1.82, 2.24) is 10.2 Å². The van der Waals surface area contributed by atoms with E-state index in [-0.39, 0.29) is 11.6 Å². The van der Waals surface area contributed by atoms with Gasteiger partial charge in [-0.3, -0.25) is 9.69 Å². The van der Waals surface area contributed by atoms with Crippen LogP contribution in [-0.2, 0) is 6.54 Å². The Kier molecular flexibility index (Phi) is 4.36. The van der Waals surface area contributed by atoms with Crippen LogP contribution in [0.1, 0.15) is 28.8 Å². The third-order valence-corrected chi connectivity index (χ3v) is 5.47. The van der Waals surface area contributed by atoms with Crippen LogP contribution in [0.4, 0.5) is 5.69 Å². The van der Waals surface area contributed by atoms with Gasteiger partial charge in [0.05, 0.1) is 11.3 Å². The van der Waals surface area contributed by atoms with Gasteiger partial charge in [0.15, 0.2) is 0 Å². The number of hydrogen-bond acceptors (Lipinski definition) is 3. The van der Waals surface area contributed by atoms with Crippen LogP contribution < -0.4 is 10.6 Å². The Balaban J connectivity index is 1.44. The summed E-state index contributed by atoms with van der Waals surface area (Å²) in [5, 5.41) is 8.07. The first-order valence-electron chi connectivity index (χ1n) is 8.40. The Labute approximate surface area is 157 Å². The molecule has 0 atom stereocenters. The van der Waals surface area contributed by atoms with E-state index in [1.165, 1.54) is 5.56 Å². The number of amides is 1. The predicted molar refractivity (Wildman–Crippen MR) is 101 cm³/mol. The number of rotatable bonds is 2. The van der Waals surface area contributed by atoms with Gasteiger partial charge < -0.3 is 10.6 Å². The number of halogens is 2. The highest BCUT2D eigenvalue weighted by molar-refractivity contribution is 6.31. The van der Waals surface area contributed by atoms with Crippen LogP contribution >= 0.6 is 23.2 Å². The maximum absolute atomic E-state index is 12.5. The molecule has 25 heavy (non-hydrogen) atoms. The van der Waals surface area contributed by atoms with E-state index in [0.29, 0.717) is 10.6 Å². The highest BCUT2D eigenvalue weighted by Gasteiger charge is 2.40. The van der Waals surface area contributed by atoms with Crippen molar-refractivity contribution in [3.8, 4) is 0 Å². The molecular formula is C19H19Cl2N3O. The van der Waals surface area contributed by atoms with Gasteiger partial charge in [0.1, 0.15) is 5.66 Å². The summed E-state index contributed by atoms with van der Waals surface area (Å²) in [5.74, 6) is -0.0310. The summed E-state index contributed by atoms with van der Waals surface area (Å²) >= 11 is 12.0. The summed E-state index contributed by atoms with van der Waals surface area (Å²) in [6, 6.07) is 13.3. The second-order valence-corrected chi connectivity index (χ2v) is 7.63. The molecular weight excluding hydrogens is 357 g/mol. The van der Waals surface area contributed by atoms with Crippen LogP contribution in [0.25, 0.3) is 0 Å². The molecule has 2 aliphatic heterocycles. The summed E-state index contributed by atoms with van der Waals surface area (Å²) in [4.78, 5) is 14.9. The fourth-order valence-electron chi connectivity index (χ4n) is 3.58. The topological polar surface area (TPSA) is 44.4 Å². The summed E-state index contributed by atoms with van der Waals surface area (Å²) in [5.41, 5.74) is 2.34. The fourth-order valence-corrected chi connectivity index (χ4v) is 3.88. The van der Waals surface area contributed by atoms with Crippen LogP contribution in [0.3, 0.4) is 0 Å². The van der Waals surface area contributed by atoms with Crippen molar-refractivity contribution in [1.29, 1.82) is 0 Å². The van der Waals surface area contributed by atoms with E-state index in [1.807, 2.05) is 18.2 Å². The molecule has 2 heterocycles. The van der Waals surface area contributed by atoms with E-state index in [2.05, 4.69) is 27.7 Å². The van der Waals surface area contributed by atoms with Gasteiger partial charge in [-0.2, -0.15) is 0 Å². The minimum atomic E-state index is -0.384. The largest absolute Gasteiger partial charge is 0.362 e. The summed E-state index contributed by atoms with van der Waals surface area (Å²) < 4.78 is 0. The van der Waals surface area contributed by atoms with Crippen molar-refractivity contribution in [2.45, 2.75) is 25.0 Å². The molecule has 0 bridgehead atoms. The van der Waals surface area contributed by atoms with Crippen molar-refractivity contribution < 1.29 is 4.79 Å². The number of carbonyl (C=O) groups is 1. The molecule has 2 aromatic rings. The van der Waals surface area contributed by atoms with Crippen LogP contribution in [0.5, 0.6) is 0 Å². The first-order chi connectivity index (χ1) is 12.0. The van der Waals surface area contributed by atoms with Gasteiger partial charge in [0.2, 0.25) is 0 Å². The number of likely N-dealkylation sites (tertiary alicyclic amines) is 1. The molecule has 1 fully saturated rings. The number of piperidine rings is 1. The third kappa shape index (κ3) is 3.47. The SMILES string of the molecule is O=C1NC2(CCN(Cc3ccc(Cl)cc3)CC2)Nc2cc(Cl)ccc21. The van der Waals surface area contributed by atoms with Gasteiger partial charge in [0, 0.05) is 42.5 Å². The first-order valence-corrected chi connectivity index (χ1v) is 9.16. The molecule has 4 rings (SSSR count). The van der Waals surface area contributed by atoms with E-state index < -0.39 is 0 Å². The Hall–Kier alpha value is -1.75. The van der Waals surface area contributed by atoms with Crippen LogP contribution in [0.2, 0.25) is 10.0 Å². The number of hydrogen-bond donors (Lipinski definition) is 2. The van der Waals surface area contributed by atoms with Crippen molar-refractivity contribution in [2.75, 3.05) is 18.4 Å². The maximum Gasteiger partial charge on any atom is 0.255 e. The van der Waals surface area contributed by atoms with Gasteiger partial charge in [-0.15, -0.1) is 0 Å². The lowest BCUT2D eigenvalue weighted by molar-refractivity contribution is 0.0822. The van der Waals surface area contributed by atoms with Crippen LogP contribution in [0, 0.1) is 0 Å². The lowest BCUT2D eigenvalue weighted by atomic mass is 9.92. The Bertz CT molecular complexity index is 799. The molecule has 1 amide bonds. The van der Waals surface area contributed by atoms with E-state index >= 15 is 0 Å². The molecule has 0 saturated carbocycles. The zero-order chi connectivity index (χ0) is 17.4. The lowest BCUT2D eigenvalue weighted by Gasteiger charge is -2.46. The highest BCUT2D eigenvalue weighted by Crippen LogP contribution is 2.33. The normalized spacial score (nSPS) is 19.2. The molecule has 0 aliphatic carbocycles. The maximum atomic E-state index is 12.5. The van der Waals surface area contributed by atoms with Crippen molar-refractivity contribution in [3.05, 3.63) is 63.6 Å². The van der Waals surface area contributed by atoms with Crippen molar-refractivity contribution >= 4 is 34.8 Å². The van der Waals surface area contributed by atoms with E-state index in [4.69, 9.17) is 23.2 Å². The Morgan fingerprint density at radius 3 is 2.36 bits per heavy atom. The number of nitrogens with one attached hydrogen (secondary N) is 2. The van der Waals surface area contributed by atoms with Crippen LogP contribution in [-0.4, -0.2) is 29.6 Å². The second kappa shape index (κ2) is 6.52. The summed E-state index contributed by atoms with van der Waals surface area (Å²) in [6.45, 7) is 2.71. The molecule has 2 N–H and O–H groups in total. The first kappa shape index (κ1) is 16.7. The second-order valence-electron chi connectivity index (χ2n) is 6.75. The molecule has 130 valence electrons. The number of anilines is 1. The monoisotopic (exact) mass is 375 g/mol. The molecule has 6 heteroatoms. The van der Waals surface area contributed by atoms with Crippen LogP contribution in [0.15, 0.2) is 42.5 Å². The van der Waals surface area contributed by atoms with Gasteiger partial charge in [-0.1, -0.05) is 35.3 Å². The van der Waals surface area contributed by atoms with Gasteiger partial charge in [0.25, 0.3) is 5.91 Å². The van der Waals surface area contributed by atoms with E-state index in [1.54, 1.807) is 12.1 Å². The average molecular weight is 376 g/mol. The van der Waals surface area contributed by atoms with Crippen molar-refractivity contribution in [3.63, 3.8) is 0 Å². The minimum Gasteiger partial charge on any atom is -0.362 e. The van der Waals surface area contributed by atoms with Gasteiger partial charge in [-0.25, -0.2) is 0 Å². The molecule has 0 aromatic heterocycles. The predicted octanol–water partition coefficient (Wildman–Crippen LogP) is 4.14. The average Bonchev–Trinajstić information content (AvgIpc) is 2.59. The smallest absolute Gasteiger partial charge is 0.255 e. The molecule has 4 nitrogen and oxygen atoms in total. The third-order valence-electron chi connectivity index (χ3n) is 4.98. The fraction of sp³-hybridized carbons (Fsp3) is 0.316. The van der Waals surface area contributed by atoms with Crippen molar-refractivity contribution in [2.24, 2.45) is 0 Å². The van der Waals surface area contributed by atoms with Gasteiger partial charge in [-0.05, 0) is 35.9 Å². The van der Waals surface area contributed by atoms with E-state index in [0.717, 1.165) is 43.2 Å². The van der Waals surface area contributed by atoms with E-state index in [9.17, 15) is 4.79 Å². The molecule has 0 unspecified atom stereocenters.